The summed E-state index contributed by atoms with van der Waals surface area (Å²) in [5, 5.41) is 8.51. The average Bonchev–Trinajstić information content (AvgIpc) is 3.60. The molecule has 1 N–H and O–H groups in total. The van der Waals surface area contributed by atoms with Crippen LogP contribution in [0.15, 0.2) is 12.3 Å². The molecule has 3 aromatic rings. The number of hydrogen-bond acceptors (Lipinski definition) is 10. The molecule has 33 heavy (non-hydrogen) atoms. The lowest BCUT2D eigenvalue weighted by Crippen LogP contribution is -2.37. The van der Waals surface area contributed by atoms with Gasteiger partial charge >= 0.3 is 6.01 Å². The molecule has 2 aliphatic rings. The SMILES string of the molecule is COCCOc1nc(N2CCOCC2)nc(-n2nc(C3CC3)c3cnc(NC(C)=O)cc32)n1. The van der Waals surface area contributed by atoms with Crippen molar-refractivity contribution in [3.63, 3.8) is 0 Å². The molecular weight excluding hydrogens is 428 g/mol. The van der Waals surface area contributed by atoms with Crippen LogP contribution in [0.4, 0.5) is 11.8 Å². The maximum absolute atomic E-state index is 11.6. The van der Waals surface area contributed by atoms with Crippen molar-refractivity contribution in [2.24, 2.45) is 0 Å². The van der Waals surface area contributed by atoms with Crippen LogP contribution in [0.3, 0.4) is 0 Å². The molecule has 0 unspecified atom stereocenters. The van der Waals surface area contributed by atoms with Crippen molar-refractivity contribution in [3.05, 3.63) is 18.0 Å². The second-order valence-corrected chi connectivity index (χ2v) is 8.00. The predicted octanol–water partition coefficient (Wildman–Crippen LogP) is 1.30. The molecule has 12 nitrogen and oxygen atoms in total. The maximum Gasteiger partial charge on any atom is 0.323 e. The third kappa shape index (κ3) is 4.71. The zero-order valence-electron chi connectivity index (χ0n) is 18.7. The number of nitrogens with zero attached hydrogens (tertiary/aromatic N) is 7. The number of methoxy groups -OCH3 is 1. The zero-order valence-corrected chi connectivity index (χ0v) is 18.7. The minimum absolute atomic E-state index is 0.195. The molecule has 0 atom stereocenters. The molecule has 1 aliphatic carbocycles. The number of hydrogen-bond donors (Lipinski definition) is 1. The number of fused-ring (bicyclic) bond motifs is 1. The van der Waals surface area contributed by atoms with Crippen molar-refractivity contribution in [2.75, 3.05) is 56.8 Å². The Morgan fingerprint density at radius 1 is 1.18 bits per heavy atom. The van der Waals surface area contributed by atoms with E-state index in [2.05, 4.69) is 20.3 Å². The number of morpholine rings is 1. The summed E-state index contributed by atoms with van der Waals surface area (Å²) in [5.74, 6) is 1.48. The molecular formula is C21H26N8O4. The van der Waals surface area contributed by atoms with Gasteiger partial charge in [-0.05, 0) is 12.8 Å². The van der Waals surface area contributed by atoms with Crippen molar-refractivity contribution >= 4 is 28.6 Å². The van der Waals surface area contributed by atoms with Gasteiger partial charge in [0.2, 0.25) is 11.9 Å². The van der Waals surface area contributed by atoms with Crippen molar-refractivity contribution in [1.82, 2.24) is 29.7 Å². The number of pyridine rings is 1. The molecule has 0 radical (unpaired) electrons. The highest BCUT2D eigenvalue weighted by Gasteiger charge is 2.30. The van der Waals surface area contributed by atoms with E-state index in [1.807, 2.05) is 4.90 Å². The van der Waals surface area contributed by atoms with Crippen LogP contribution in [-0.4, -0.2) is 82.3 Å². The fraction of sp³-hybridized carbons (Fsp3) is 0.524. The summed E-state index contributed by atoms with van der Waals surface area (Å²) >= 11 is 0. The number of carbonyl (C=O) groups is 1. The van der Waals surface area contributed by atoms with Gasteiger partial charge in [0.25, 0.3) is 5.95 Å². The van der Waals surface area contributed by atoms with Gasteiger partial charge in [0.1, 0.15) is 12.4 Å². The molecule has 0 aromatic carbocycles. The molecule has 0 spiro atoms. The number of carbonyl (C=O) groups excluding carboxylic acids is 1. The summed E-state index contributed by atoms with van der Waals surface area (Å²) in [6.07, 6.45) is 3.92. The van der Waals surface area contributed by atoms with Crippen LogP contribution in [-0.2, 0) is 14.3 Å². The average molecular weight is 454 g/mol. The minimum Gasteiger partial charge on any atom is -0.461 e. The van der Waals surface area contributed by atoms with Crippen LogP contribution in [0, 0.1) is 0 Å². The molecule has 5 rings (SSSR count). The summed E-state index contributed by atoms with van der Waals surface area (Å²) in [6, 6.07) is 1.99. The lowest BCUT2D eigenvalue weighted by atomic mass is 10.2. The normalized spacial score (nSPS) is 16.2. The van der Waals surface area contributed by atoms with Gasteiger partial charge in [-0.25, -0.2) is 4.98 Å². The topological polar surface area (TPSA) is 129 Å². The second kappa shape index (κ2) is 9.24. The first-order valence-electron chi connectivity index (χ1n) is 11.0. The third-order valence-electron chi connectivity index (χ3n) is 5.46. The van der Waals surface area contributed by atoms with Crippen molar-refractivity contribution < 1.29 is 19.0 Å². The van der Waals surface area contributed by atoms with E-state index in [9.17, 15) is 4.79 Å². The molecule has 174 valence electrons. The Hall–Kier alpha value is -3.38. The van der Waals surface area contributed by atoms with Crippen molar-refractivity contribution in [3.8, 4) is 12.0 Å². The fourth-order valence-electron chi connectivity index (χ4n) is 3.71. The first-order valence-corrected chi connectivity index (χ1v) is 11.0. The van der Waals surface area contributed by atoms with Crippen LogP contribution in [0.1, 0.15) is 31.4 Å². The highest BCUT2D eigenvalue weighted by atomic mass is 16.5. The first kappa shape index (κ1) is 21.5. The molecule has 1 amide bonds. The molecule has 12 heteroatoms. The molecule has 0 bridgehead atoms. The zero-order chi connectivity index (χ0) is 22.8. The Labute approximate surface area is 190 Å². The van der Waals surface area contributed by atoms with Gasteiger partial charge in [-0.3, -0.25) is 4.79 Å². The smallest absolute Gasteiger partial charge is 0.323 e. The number of rotatable bonds is 8. The van der Waals surface area contributed by atoms with Crippen LogP contribution < -0.4 is 15.0 Å². The standard InChI is InChI=1S/C21H26N8O4/c1-13(30)23-17-11-16-15(12-22-17)18(14-3-4-14)27-29(16)20-24-19(28-5-7-32-8-6-28)25-21(26-20)33-10-9-31-2/h11-12,14H,3-10H2,1-2H3,(H,22,23,30). The van der Waals surface area contributed by atoms with Crippen LogP contribution in [0.25, 0.3) is 16.9 Å². The van der Waals surface area contributed by atoms with Gasteiger partial charge in [-0.2, -0.15) is 24.7 Å². The highest BCUT2D eigenvalue weighted by Crippen LogP contribution is 2.43. The second-order valence-electron chi connectivity index (χ2n) is 8.00. The monoisotopic (exact) mass is 454 g/mol. The Balaban J connectivity index is 1.60. The van der Waals surface area contributed by atoms with Crippen molar-refractivity contribution in [2.45, 2.75) is 25.7 Å². The lowest BCUT2D eigenvalue weighted by Gasteiger charge is -2.26. The molecule has 1 saturated carbocycles. The van der Waals surface area contributed by atoms with E-state index < -0.39 is 0 Å². The first-order chi connectivity index (χ1) is 16.1. The summed E-state index contributed by atoms with van der Waals surface area (Å²) in [7, 11) is 1.61. The Morgan fingerprint density at radius 3 is 2.70 bits per heavy atom. The number of ether oxygens (including phenoxy) is 3. The number of amides is 1. The van der Waals surface area contributed by atoms with Crippen LogP contribution in [0.5, 0.6) is 6.01 Å². The highest BCUT2D eigenvalue weighted by molar-refractivity contribution is 5.91. The van der Waals surface area contributed by atoms with Gasteiger partial charge < -0.3 is 24.4 Å². The van der Waals surface area contributed by atoms with E-state index in [1.54, 1.807) is 24.1 Å². The largest absolute Gasteiger partial charge is 0.461 e. The number of anilines is 2. The van der Waals surface area contributed by atoms with E-state index >= 15 is 0 Å². The van der Waals surface area contributed by atoms with Gasteiger partial charge in [0.15, 0.2) is 0 Å². The number of aromatic nitrogens is 6. The molecule has 4 heterocycles. The quantitative estimate of drug-likeness (QED) is 0.497. The van der Waals surface area contributed by atoms with E-state index in [1.165, 1.54) is 6.92 Å². The van der Waals surface area contributed by atoms with Gasteiger partial charge in [-0.1, -0.05) is 0 Å². The summed E-state index contributed by atoms with van der Waals surface area (Å²) in [6.45, 7) is 4.72. The Kier molecular flexibility index (Phi) is 6.01. The summed E-state index contributed by atoms with van der Waals surface area (Å²) in [4.78, 5) is 31.8. The van der Waals surface area contributed by atoms with E-state index in [4.69, 9.17) is 24.3 Å². The molecule has 3 aromatic heterocycles. The minimum atomic E-state index is -0.195. The molecule has 1 aliphatic heterocycles. The third-order valence-corrected chi connectivity index (χ3v) is 5.46. The van der Waals surface area contributed by atoms with Crippen LogP contribution in [0.2, 0.25) is 0 Å². The number of nitrogens with one attached hydrogen (secondary N) is 1. The summed E-state index contributed by atoms with van der Waals surface area (Å²) < 4.78 is 18.0. The Bertz CT molecular complexity index is 1160. The predicted molar refractivity (Wildman–Crippen MR) is 119 cm³/mol. The van der Waals surface area contributed by atoms with E-state index in [0.29, 0.717) is 63.1 Å². The molecule has 2 fully saturated rings. The van der Waals surface area contributed by atoms with E-state index in [0.717, 1.165) is 29.4 Å². The molecule has 1 saturated heterocycles. The maximum atomic E-state index is 11.6. The van der Waals surface area contributed by atoms with Gasteiger partial charge in [0, 0.05) is 50.7 Å². The summed E-state index contributed by atoms with van der Waals surface area (Å²) in [5.41, 5.74) is 1.72. The van der Waals surface area contributed by atoms with Crippen LogP contribution >= 0.6 is 0 Å². The van der Waals surface area contributed by atoms with Crippen molar-refractivity contribution in [1.29, 1.82) is 0 Å². The van der Waals surface area contributed by atoms with Gasteiger partial charge in [0.05, 0.1) is 31.0 Å². The van der Waals surface area contributed by atoms with Gasteiger partial charge in [-0.15, -0.1) is 0 Å². The van der Waals surface area contributed by atoms with E-state index in [-0.39, 0.29) is 11.9 Å². The lowest BCUT2D eigenvalue weighted by molar-refractivity contribution is -0.114. The fourth-order valence-corrected chi connectivity index (χ4v) is 3.71. The Morgan fingerprint density at radius 2 is 1.97 bits per heavy atom.